The highest BCUT2D eigenvalue weighted by molar-refractivity contribution is 6.00. The maximum absolute atomic E-state index is 6.03. The number of H-pyrrole nitrogens is 1. The van der Waals surface area contributed by atoms with E-state index < -0.39 is 0 Å². The fourth-order valence-corrected chi connectivity index (χ4v) is 3.50. The third-order valence-corrected chi connectivity index (χ3v) is 4.77. The number of hydrogen-bond acceptors (Lipinski definition) is 6. The van der Waals surface area contributed by atoms with E-state index in [9.17, 15) is 0 Å². The van der Waals surface area contributed by atoms with Crippen LogP contribution in [0.5, 0.6) is 0 Å². The molecule has 5 rings (SSSR count). The molecule has 0 radical (unpaired) electrons. The quantitative estimate of drug-likeness (QED) is 0.425. The maximum Gasteiger partial charge on any atom is 0.300 e. The van der Waals surface area contributed by atoms with Crippen LogP contribution < -0.4 is 11.1 Å². The summed E-state index contributed by atoms with van der Waals surface area (Å²) in [6.07, 6.45) is 3.35. The summed E-state index contributed by atoms with van der Waals surface area (Å²) in [6, 6.07) is 12.5. The molecule has 4 N–H and O–H groups in total. The Kier molecular flexibility index (Phi) is 3.55. The first-order chi connectivity index (χ1) is 13.6. The molecule has 0 aliphatic heterocycles. The SMILES string of the molecule is Cc1cc(C)c2oc(Nc3ccc(-c4c[nH]c5ncnc(N)c45)cc3)nc2c1. The van der Waals surface area contributed by atoms with Crippen molar-refractivity contribution in [2.45, 2.75) is 13.8 Å². The summed E-state index contributed by atoms with van der Waals surface area (Å²) in [7, 11) is 0. The standard InChI is InChI=1S/C21H18N6O/c1-11-7-12(2)18-16(8-11)27-21(28-18)26-14-5-3-13(4-6-14)15-9-23-20-17(15)19(22)24-10-25-20/h3-10H,1-2H3,(H,26,27)(H3,22,23,24,25). The molecule has 0 unspecified atom stereocenters. The molecule has 5 aromatic rings. The number of fused-ring (bicyclic) bond motifs is 2. The predicted molar refractivity (Wildman–Crippen MR) is 111 cm³/mol. The Morgan fingerprint density at radius 2 is 1.89 bits per heavy atom. The second-order valence-electron chi connectivity index (χ2n) is 6.84. The number of nitrogens with zero attached hydrogens (tertiary/aromatic N) is 3. The average molecular weight is 370 g/mol. The molecule has 0 bridgehead atoms. The van der Waals surface area contributed by atoms with E-state index in [0.717, 1.165) is 50.1 Å². The van der Waals surface area contributed by atoms with Crippen molar-refractivity contribution >= 4 is 39.7 Å². The van der Waals surface area contributed by atoms with Crippen molar-refractivity contribution in [2.75, 3.05) is 11.1 Å². The second kappa shape index (κ2) is 6.09. The van der Waals surface area contributed by atoms with Crippen molar-refractivity contribution in [1.29, 1.82) is 0 Å². The van der Waals surface area contributed by atoms with Gasteiger partial charge in [-0.15, -0.1) is 0 Å². The van der Waals surface area contributed by atoms with E-state index in [1.807, 2.05) is 43.5 Å². The number of rotatable bonds is 3. The van der Waals surface area contributed by atoms with Crippen LogP contribution in [0.2, 0.25) is 0 Å². The van der Waals surface area contributed by atoms with Gasteiger partial charge in [-0.2, -0.15) is 4.98 Å². The van der Waals surface area contributed by atoms with Crippen LogP contribution in [-0.2, 0) is 0 Å². The van der Waals surface area contributed by atoms with Crippen molar-refractivity contribution in [1.82, 2.24) is 19.9 Å². The molecular formula is C21H18N6O. The van der Waals surface area contributed by atoms with E-state index in [1.165, 1.54) is 6.33 Å². The van der Waals surface area contributed by atoms with E-state index in [-0.39, 0.29) is 0 Å². The molecule has 7 heteroatoms. The zero-order valence-corrected chi connectivity index (χ0v) is 15.4. The van der Waals surface area contributed by atoms with Gasteiger partial charge >= 0.3 is 0 Å². The fraction of sp³-hybridized carbons (Fsp3) is 0.0952. The first kappa shape index (κ1) is 16.3. The van der Waals surface area contributed by atoms with E-state index in [1.54, 1.807) is 0 Å². The smallest absolute Gasteiger partial charge is 0.300 e. The predicted octanol–water partition coefficient (Wildman–Crippen LogP) is 4.71. The molecule has 138 valence electrons. The van der Waals surface area contributed by atoms with Gasteiger partial charge in [0.05, 0.1) is 5.39 Å². The first-order valence-electron chi connectivity index (χ1n) is 8.91. The Morgan fingerprint density at radius 1 is 1.07 bits per heavy atom. The van der Waals surface area contributed by atoms with Gasteiger partial charge in [0.15, 0.2) is 5.58 Å². The van der Waals surface area contributed by atoms with Crippen molar-refractivity contribution in [3.05, 3.63) is 60.0 Å². The highest BCUT2D eigenvalue weighted by Crippen LogP contribution is 2.32. The number of anilines is 3. The molecule has 0 fully saturated rings. The first-order valence-corrected chi connectivity index (χ1v) is 8.91. The monoisotopic (exact) mass is 370 g/mol. The minimum absolute atomic E-state index is 0.459. The van der Waals surface area contributed by atoms with E-state index >= 15 is 0 Å². The molecule has 0 aliphatic rings. The summed E-state index contributed by atoms with van der Waals surface area (Å²) >= 11 is 0. The van der Waals surface area contributed by atoms with Gasteiger partial charge in [-0.25, -0.2) is 9.97 Å². The molecule has 0 amide bonds. The van der Waals surface area contributed by atoms with Gasteiger partial charge in [0.1, 0.15) is 23.3 Å². The third-order valence-electron chi connectivity index (χ3n) is 4.77. The highest BCUT2D eigenvalue weighted by Gasteiger charge is 2.12. The molecule has 7 nitrogen and oxygen atoms in total. The molecular weight excluding hydrogens is 352 g/mol. The van der Waals surface area contributed by atoms with Crippen LogP contribution >= 0.6 is 0 Å². The lowest BCUT2D eigenvalue weighted by Gasteiger charge is -2.04. The zero-order chi connectivity index (χ0) is 19.3. The summed E-state index contributed by atoms with van der Waals surface area (Å²) in [4.78, 5) is 16.0. The van der Waals surface area contributed by atoms with Crippen molar-refractivity contribution in [3.63, 3.8) is 0 Å². The molecule has 28 heavy (non-hydrogen) atoms. The number of nitrogen functional groups attached to an aromatic ring is 1. The molecule has 0 aliphatic carbocycles. The van der Waals surface area contributed by atoms with Crippen LogP contribution in [0.25, 0.3) is 33.3 Å². The van der Waals surface area contributed by atoms with Gasteiger partial charge < -0.3 is 20.5 Å². The maximum atomic E-state index is 6.03. The number of aromatic amines is 1. The Balaban J connectivity index is 1.46. The normalized spacial score (nSPS) is 11.4. The van der Waals surface area contributed by atoms with E-state index in [4.69, 9.17) is 10.2 Å². The lowest BCUT2D eigenvalue weighted by atomic mass is 10.1. The van der Waals surface area contributed by atoms with Crippen molar-refractivity contribution < 1.29 is 4.42 Å². The number of nitrogens with one attached hydrogen (secondary N) is 2. The third kappa shape index (κ3) is 2.64. The van der Waals surface area contributed by atoms with Crippen LogP contribution in [0, 0.1) is 13.8 Å². The molecule has 0 atom stereocenters. The van der Waals surface area contributed by atoms with Gasteiger partial charge in [-0.3, -0.25) is 0 Å². The van der Waals surface area contributed by atoms with Gasteiger partial charge in [-0.1, -0.05) is 18.2 Å². The molecule has 2 aromatic carbocycles. The Hall–Kier alpha value is -3.87. The summed E-state index contributed by atoms with van der Waals surface area (Å²) in [6.45, 7) is 4.07. The number of benzene rings is 2. The second-order valence-corrected chi connectivity index (χ2v) is 6.84. The lowest BCUT2D eigenvalue weighted by molar-refractivity contribution is 0.620. The van der Waals surface area contributed by atoms with Crippen LogP contribution in [0.1, 0.15) is 11.1 Å². The minimum Gasteiger partial charge on any atom is -0.423 e. The molecule has 0 saturated carbocycles. The Morgan fingerprint density at radius 3 is 2.71 bits per heavy atom. The highest BCUT2D eigenvalue weighted by atomic mass is 16.4. The summed E-state index contributed by atoms with van der Waals surface area (Å²) in [5.41, 5.74) is 13.5. The van der Waals surface area contributed by atoms with Crippen LogP contribution in [0.3, 0.4) is 0 Å². The molecule has 0 spiro atoms. The summed E-state index contributed by atoms with van der Waals surface area (Å²) < 4.78 is 5.87. The van der Waals surface area contributed by atoms with E-state index in [0.29, 0.717) is 11.8 Å². The average Bonchev–Trinajstić information content (AvgIpc) is 3.27. The molecule has 0 saturated heterocycles. The number of nitrogens with two attached hydrogens (primary N) is 1. The zero-order valence-electron chi connectivity index (χ0n) is 15.4. The van der Waals surface area contributed by atoms with Gasteiger partial charge in [0.2, 0.25) is 0 Å². The minimum atomic E-state index is 0.459. The van der Waals surface area contributed by atoms with Gasteiger partial charge in [-0.05, 0) is 48.7 Å². The summed E-state index contributed by atoms with van der Waals surface area (Å²) in [5, 5.41) is 4.05. The fourth-order valence-electron chi connectivity index (χ4n) is 3.50. The van der Waals surface area contributed by atoms with Crippen LogP contribution in [-0.4, -0.2) is 19.9 Å². The summed E-state index contributed by atoms with van der Waals surface area (Å²) in [5.74, 6) is 0.459. The van der Waals surface area contributed by atoms with Crippen molar-refractivity contribution in [3.8, 4) is 11.1 Å². The number of aromatic nitrogens is 4. The van der Waals surface area contributed by atoms with Crippen LogP contribution in [0.4, 0.5) is 17.5 Å². The van der Waals surface area contributed by atoms with E-state index in [2.05, 4.69) is 38.2 Å². The van der Waals surface area contributed by atoms with Crippen molar-refractivity contribution in [2.24, 2.45) is 0 Å². The number of oxazole rings is 1. The number of hydrogen-bond donors (Lipinski definition) is 3. The molecule has 3 aromatic heterocycles. The van der Waals surface area contributed by atoms with Crippen LogP contribution in [0.15, 0.2) is 53.3 Å². The Bertz CT molecular complexity index is 1320. The largest absolute Gasteiger partial charge is 0.423 e. The van der Waals surface area contributed by atoms with Gasteiger partial charge in [0, 0.05) is 17.4 Å². The Labute approximate surface area is 160 Å². The van der Waals surface area contributed by atoms with Gasteiger partial charge in [0.25, 0.3) is 6.01 Å². The lowest BCUT2D eigenvalue weighted by Crippen LogP contribution is -1.93. The molecule has 3 heterocycles. The topological polar surface area (TPSA) is 106 Å². The number of aryl methyl sites for hydroxylation is 2.